The molecular formula is C28H31FN4OS. The van der Waals surface area contributed by atoms with Gasteiger partial charge >= 0.3 is 0 Å². The molecule has 1 heterocycles. The number of carbonyl (C=O) groups is 1. The third-order valence-electron chi connectivity index (χ3n) is 6.29. The molecule has 3 aromatic rings. The predicted octanol–water partition coefficient (Wildman–Crippen LogP) is 5.44. The lowest BCUT2D eigenvalue weighted by Gasteiger charge is -2.35. The molecule has 1 saturated heterocycles. The fourth-order valence-corrected chi connectivity index (χ4v) is 4.67. The first-order chi connectivity index (χ1) is 17.0. The van der Waals surface area contributed by atoms with Crippen LogP contribution < -0.4 is 15.5 Å². The zero-order valence-electron chi connectivity index (χ0n) is 19.9. The second kappa shape index (κ2) is 11.8. The second-order valence-electron chi connectivity index (χ2n) is 8.69. The molecule has 5 nitrogen and oxygen atoms in total. The molecule has 35 heavy (non-hydrogen) atoms. The van der Waals surface area contributed by atoms with E-state index in [1.807, 2.05) is 54.3 Å². The van der Waals surface area contributed by atoms with Crippen molar-refractivity contribution >= 4 is 34.6 Å². The summed E-state index contributed by atoms with van der Waals surface area (Å²) < 4.78 is 13.1. The van der Waals surface area contributed by atoms with Crippen molar-refractivity contribution in [2.75, 3.05) is 29.9 Å². The minimum Gasteiger partial charge on any atom is -0.371 e. The van der Waals surface area contributed by atoms with E-state index < -0.39 is 0 Å². The van der Waals surface area contributed by atoms with Crippen LogP contribution in [-0.2, 0) is 6.54 Å². The molecule has 1 aliphatic heterocycles. The summed E-state index contributed by atoms with van der Waals surface area (Å²) in [5.41, 5.74) is 3.60. The van der Waals surface area contributed by atoms with Crippen molar-refractivity contribution in [3.63, 3.8) is 0 Å². The Kier molecular flexibility index (Phi) is 8.32. The summed E-state index contributed by atoms with van der Waals surface area (Å²) in [7, 11) is 0. The maximum Gasteiger partial charge on any atom is 0.256 e. The second-order valence-corrected chi connectivity index (χ2v) is 9.10. The molecule has 0 spiro atoms. The van der Waals surface area contributed by atoms with Crippen molar-refractivity contribution in [2.45, 2.75) is 32.4 Å². The lowest BCUT2D eigenvalue weighted by Crippen LogP contribution is -2.46. The Balaban J connectivity index is 1.36. The summed E-state index contributed by atoms with van der Waals surface area (Å²) >= 11 is 5.44. The van der Waals surface area contributed by atoms with Gasteiger partial charge in [-0.05, 0) is 73.9 Å². The predicted molar refractivity (Wildman–Crippen MR) is 144 cm³/mol. The van der Waals surface area contributed by atoms with Crippen LogP contribution >= 0.6 is 12.2 Å². The number of anilines is 2. The molecule has 7 heteroatoms. The Morgan fingerprint density at radius 1 is 1.00 bits per heavy atom. The van der Waals surface area contributed by atoms with Crippen LogP contribution in [0.3, 0.4) is 0 Å². The zero-order chi connectivity index (χ0) is 24.6. The number of rotatable bonds is 7. The first-order valence-electron chi connectivity index (χ1n) is 12.0. The number of halogens is 1. The van der Waals surface area contributed by atoms with E-state index >= 15 is 0 Å². The quantitative estimate of drug-likeness (QED) is 0.432. The molecular weight excluding hydrogens is 459 g/mol. The number of piperidine rings is 1. The number of para-hydroxylation sites is 1. The van der Waals surface area contributed by atoms with E-state index in [0.29, 0.717) is 18.2 Å². The Hall–Kier alpha value is -3.45. The average molecular weight is 491 g/mol. The molecule has 0 aliphatic carbocycles. The van der Waals surface area contributed by atoms with Crippen molar-refractivity contribution in [1.82, 2.24) is 10.2 Å². The molecule has 4 rings (SSSR count). The summed E-state index contributed by atoms with van der Waals surface area (Å²) in [6.07, 6.45) is 1.80. The fourth-order valence-electron chi connectivity index (χ4n) is 4.38. The minimum atomic E-state index is -0.275. The number of carbonyl (C=O) groups excluding carboxylic acids is 1. The van der Waals surface area contributed by atoms with Crippen LogP contribution in [0.2, 0.25) is 0 Å². The third-order valence-corrected chi connectivity index (χ3v) is 6.51. The number of hydrogen-bond donors (Lipinski definition) is 2. The molecule has 0 atom stereocenters. The van der Waals surface area contributed by atoms with E-state index in [4.69, 9.17) is 12.2 Å². The van der Waals surface area contributed by atoms with Crippen LogP contribution in [0, 0.1) is 5.82 Å². The van der Waals surface area contributed by atoms with Gasteiger partial charge in [-0.2, -0.15) is 0 Å². The van der Waals surface area contributed by atoms with Crippen molar-refractivity contribution in [2.24, 2.45) is 0 Å². The molecule has 1 amide bonds. The minimum absolute atomic E-state index is 0.0527. The molecule has 0 saturated carbocycles. The normalized spacial score (nSPS) is 13.8. The van der Waals surface area contributed by atoms with Gasteiger partial charge in [0.2, 0.25) is 0 Å². The van der Waals surface area contributed by atoms with Gasteiger partial charge in [0.25, 0.3) is 5.91 Å². The van der Waals surface area contributed by atoms with E-state index in [1.165, 1.54) is 12.1 Å². The van der Waals surface area contributed by atoms with Gasteiger partial charge < -0.3 is 20.4 Å². The van der Waals surface area contributed by atoms with Gasteiger partial charge in [0.1, 0.15) is 5.82 Å². The van der Waals surface area contributed by atoms with Crippen LogP contribution in [0.1, 0.15) is 35.7 Å². The van der Waals surface area contributed by atoms with Crippen LogP contribution in [0.15, 0.2) is 78.9 Å². The summed E-state index contributed by atoms with van der Waals surface area (Å²) in [5.74, 6) is -0.223. The molecule has 2 N–H and O–H groups in total. The molecule has 0 unspecified atom stereocenters. The maximum atomic E-state index is 13.5. The highest BCUT2D eigenvalue weighted by Crippen LogP contribution is 2.26. The van der Waals surface area contributed by atoms with E-state index in [2.05, 4.69) is 27.7 Å². The Morgan fingerprint density at radius 2 is 1.66 bits per heavy atom. The van der Waals surface area contributed by atoms with Gasteiger partial charge in [0.15, 0.2) is 5.11 Å². The Morgan fingerprint density at radius 3 is 2.34 bits per heavy atom. The molecule has 1 fully saturated rings. The molecule has 182 valence electrons. The molecule has 0 bridgehead atoms. The van der Waals surface area contributed by atoms with Gasteiger partial charge in [-0.1, -0.05) is 42.5 Å². The van der Waals surface area contributed by atoms with Crippen LogP contribution in [0.5, 0.6) is 0 Å². The number of nitrogens with zero attached hydrogens (tertiary/aromatic N) is 2. The van der Waals surface area contributed by atoms with Crippen LogP contribution in [0.4, 0.5) is 15.8 Å². The first kappa shape index (κ1) is 24.7. The average Bonchev–Trinajstić information content (AvgIpc) is 2.89. The number of amides is 1. The lowest BCUT2D eigenvalue weighted by molar-refractivity contribution is 0.0753. The monoisotopic (exact) mass is 490 g/mol. The highest BCUT2D eigenvalue weighted by Gasteiger charge is 2.25. The van der Waals surface area contributed by atoms with Crippen LogP contribution in [-0.4, -0.2) is 41.6 Å². The maximum absolute atomic E-state index is 13.5. The number of benzene rings is 3. The lowest BCUT2D eigenvalue weighted by atomic mass is 10.0. The van der Waals surface area contributed by atoms with Crippen molar-refractivity contribution in [3.05, 3.63) is 95.8 Å². The van der Waals surface area contributed by atoms with E-state index in [1.54, 1.807) is 12.1 Å². The van der Waals surface area contributed by atoms with Gasteiger partial charge in [-0.15, -0.1) is 0 Å². The Labute approximate surface area is 211 Å². The first-order valence-corrected chi connectivity index (χ1v) is 12.4. The van der Waals surface area contributed by atoms with Crippen molar-refractivity contribution in [1.29, 1.82) is 0 Å². The highest BCUT2D eigenvalue weighted by atomic mass is 32.1. The van der Waals surface area contributed by atoms with Crippen LogP contribution in [0.25, 0.3) is 0 Å². The molecule has 0 radical (unpaired) electrons. The van der Waals surface area contributed by atoms with Gasteiger partial charge in [-0.25, -0.2) is 4.39 Å². The topological polar surface area (TPSA) is 47.6 Å². The summed E-state index contributed by atoms with van der Waals surface area (Å²) in [6.45, 7) is 4.91. The molecule has 1 aliphatic rings. The zero-order valence-corrected chi connectivity index (χ0v) is 20.7. The largest absolute Gasteiger partial charge is 0.371 e. The summed E-state index contributed by atoms with van der Waals surface area (Å²) in [6, 6.07) is 24.4. The van der Waals surface area contributed by atoms with E-state index in [-0.39, 0.29) is 17.8 Å². The number of nitrogens with one attached hydrogen (secondary N) is 2. The molecule has 3 aromatic carbocycles. The Bertz CT molecular complexity index is 1130. The van der Waals surface area contributed by atoms with E-state index in [0.717, 1.165) is 48.4 Å². The van der Waals surface area contributed by atoms with Crippen molar-refractivity contribution < 1.29 is 9.18 Å². The molecule has 0 aromatic heterocycles. The third kappa shape index (κ3) is 6.57. The highest BCUT2D eigenvalue weighted by molar-refractivity contribution is 7.80. The summed E-state index contributed by atoms with van der Waals surface area (Å²) in [5, 5.41) is 7.02. The van der Waals surface area contributed by atoms with Gasteiger partial charge in [0.05, 0.1) is 5.56 Å². The van der Waals surface area contributed by atoms with Crippen molar-refractivity contribution in [3.8, 4) is 0 Å². The summed E-state index contributed by atoms with van der Waals surface area (Å²) in [4.78, 5) is 17.7. The standard InChI is InChI=1S/C28H31FN4OS/c1-2-32(20-21-8-4-3-5-9-21)27(34)25-10-6-7-11-26(25)33-18-16-24(17-19-33)31-28(35)30-23-14-12-22(29)13-15-23/h3-15,24H,2,16-20H2,1H3,(H2,30,31,35). The SMILES string of the molecule is CCN(Cc1ccccc1)C(=O)c1ccccc1N1CCC(NC(=S)Nc2ccc(F)cc2)CC1. The fraction of sp³-hybridized carbons (Fsp3) is 0.286. The number of thiocarbonyl (C=S) groups is 1. The van der Waals surface area contributed by atoms with Gasteiger partial charge in [-0.3, -0.25) is 4.79 Å². The van der Waals surface area contributed by atoms with Gasteiger partial charge in [0, 0.05) is 43.6 Å². The number of hydrogen-bond acceptors (Lipinski definition) is 3. The smallest absolute Gasteiger partial charge is 0.256 e. The van der Waals surface area contributed by atoms with E-state index in [9.17, 15) is 9.18 Å².